The average Bonchev–Trinajstić information content (AvgIpc) is 3.12. The first-order valence-electron chi connectivity index (χ1n) is 8.93. The predicted molar refractivity (Wildman–Crippen MR) is 108 cm³/mol. The summed E-state index contributed by atoms with van der Waals surface area (Å²) in [6.45, 7) is 0. The highest BCUT2D eigenvalue weighted by molar-refractivity contribution is 8.00. The molecule has 0 fully saturated rings. The minimum Gasteiger partial charge on any atom is -0.329 e. The Balaban J connectivity index is 2.02. The summed E-state index contributed by atoms with van der Waals surface area (Å²) in [4.78, 5) is 4.43. The van der Waals surface area contributed by atoms with Crippen LogP contribution in [0.1, 0.15) is 16.7 Å². The monoisotopic (exact) mass is 410 g/mol. The Morgan fingerprint density at radius 3 is 1.38 bits per heavy atom. The molecule has 0 radical (unpaired) electrons. The maximum absolute atomic E-state index is 13.7. The summed E-state index contributed by atoms with van der Waals surface area (Å²) >= 11 is 1.43. The van der Waals surface area contributed by atoms with Gasteiger partial charge in [-0.25, -0.2) is 18.2 Å². The Morgan fingerprint density at radius 2 is 1.07 bits per heavy atom. The molecule has 0 saturated carbocycles. The van der Waals surface area contributed by atoms with Crippen LogP contribution in [-0.4, -0.2) is 9.55 Å². The molecule has 4 rings (SSSR count). The van der Waals surface area contributed by atoms with Crippen LogP contribution >= 0.6 is 11.8 Å². The van der Waals surface area contributed by atoms with Crippen LogP contribution in [0.5, 0.6) is 0 Å². The Bertz CT molecular complexity index is 993. The number of rotatable bonds is 5. The fourth-order valence-corrected chi connectivity index (χ4v) is 4.67. The minimum absolute atomic E-state index is 0.358. The van der Waals surface area contributed by atoms with Gasteiger partial charge in [-0.3, -0.25) is 0 Å². The van der Waals surface area contributed by atoms with Gasteiger partial charge >= 0.3 is 0 Å². The Labute approximate surface area is 171 Å². The second-order valence-corrected chi connectivity index (χ2v) is 7.81. The SMILES string of the molecule is Cn1ccnc1SC(c1ccc(F)cc1)(c1ccc(F)cc1)c1ccc(F)cc1. The minimum atomic E-state index is -0.895. The maximum atomic E-state index is 13.7. The number of hydrogen-bond donors (Lipinski definition) is 0. The Hall–Kier alpha value is -2.99. The zero-order chi connectivity index (χ0) is 20.4. The van der Waals surface area contributed by atoms with Crippen LogP contribution in [0.15, 0.2) is 90.3 Å². The third-order valence-electron chi connectivity index (χ3n) is 4.77. The quantitative estimate of drug-likeness (QED) is 0.300. The van der Waals surface area contributed by atoms with E-state index in [9.17, 15) is 13.2 Å². The summed E-state index contributed by atoms with van der Waals surface area (Å²) in [7, 11) is 1.88. The summed E-state index contributed by atoms with van der Waals surface area (Å²) in [5, 5.41) is 0.711. The highest BCUT2D eigenvalue weighted by Crippen LogP contribution is 2.51. The van der Waals surface area contributed by atoms with Gasteiger partial charge in [-0.15, -0.1) is 0 Å². The number of nitrogens with zero attached hydrogens (tertiary/aromatic N) is 2. The lowest BCUT2D eigenvalue weighted by Crippen LogP contribution is -2.26. The molecular formula is C23H17F3N2S. The van der Waals surface area contributed by atoms with Crippen LogP contribution in [0.3, 0.4) is 0 Å². The number of halogens is 3. The van der Waals surface area contributed by atoms with E-state index in [1.807, 2.05) is 17.8 Å². The van der Waals surface area contributed by atoms with Crippen LogP contribution in [-0.2, 0) is 11.8 Å². The molecule has 0 amide bonds. The molecule has 1 aromatic heterocycles. The third kappa shape index (κ3) is 3.68. The van der Waals surface area contributed by atoms with Crippen LogP contribution in [0, 0.1) is 17.5 Å². The smallest absolute Gasteiger partial charge is 0.169 e. The van der Waals surface area contributed by atoms with E-state index in [0.717, 1.165) is 16.7 Å². The number of aryl methyl sites for hydroxylation is 1. The van der Waals surface area contributed by atoms with Gasteiger partial charge in [-0.1, -0.05) is 48.2 Å². The van der Waals surface area contributed by atoms with Gasteiger partial charge in [-0.2, -0.15) is 0 Å². The van der Waals surface area contributed by atoms with Crippen molar-refractivity contribution in [3.63, 3.8) is 0 Å². The van der Waals surface area contributed by atoms with Gasteiger partial charge in [0.1, 0.15) is 17.5 Å². The number of imidazole rings is 1. The van der Waals surface area contributed by atoms with Gasteiger partial charge in [0.25, 0.3) is 0 Å². The fourth-order valence-electron chi connectivity index (χ4n) is 3.32. The van der Waals surface area contributed by atoms with E-state index >= 15 is 0 Å². The summed E-state index contributed by atoms with van der Waals surface area (Å²) < 4.78 is 42.1. The van der Waals surface area contributed by atoms with E-state index in [1.165, 1.54) is 48.2 Å². The summed E-state index contributed by atoms with van der Waals surface area (Å²) in [5.41, 5.74) is 2.31. The van der Waals surface area contributed by atoms with Crippen LogP contribution in [0.2, 0.25) is 0 Å². The number of benzene rings is 3. The van der Waals surface area contributed by atoms with Gasteiger partial charge in [0.2, 0.25) is 0 Å². The topological polar surface area (TPSA) is 17.8 Å². The highest BCUT2D eigenvalue weighted by atomic mass is 32.2. The molecule has 0 aliphatic carbocycles. The molecule has 0 bridgehead atoms. The van der Waals surface area contributed by atoms with Crippen molar-refractivity contribution in [2.75, 3.05) is 0 Å². The lowest BCUT2D eigenvalue weighted by atomic mass is 9.84. The molecule has 3 aromatic carbocycles. The molecule has 0 spiro atoms. The van der Waals surface area contributed by atoms with Gasteiger partial charge in [0, 0.05) is 19.4 Å². The van der Waals surface area contributed by atoms with Crippen LogP contribution in [0.4, 0.5) is 13.2 Å². The second kappa shape index (κ2) is 7.79. The predicted octanol–water partition coefficient (Wildman–Crippen LogP) is 5.92. The molecule has 29 heavy (non-hydrogen) atoms. The van der Waals surface area contributed by atoms with E-state index in [0.29, 0.717) is 5.16 Å². The van der Waals surface area contributed by atoms with Crippen molar-refractivity contribution in [1.82, 2.24) is 9.55 Å². The largest absolute Gasteiger partial charge is 0.329 e. The van der Waals surface area contributed by atoms with Crippen molar-refractivity contribution < 1.29 is 13.2 Å². The lowest BCUT2D eigenvalue weighted by Gasteiger charge is -2.35. The van der Waals surface area contributed by atoms with Crippen molar-refractivity contribution in [3.8, 4) is 0 Å². The Morgan fingerprint density at radius 1 is 0.690 bits per heavy atom. The number of aromatic nitrogens is 2. The molecule has 6 heteroatoms. The highest BCUT2D eigenvalue weighted by Gasteiger charge is 2.39. The van der Waals surface area contributed by atoms with Gasteiger partial charge in [0.05, 0.1) is 4.75 Å². The summed E-state index contributed by atoms with van der Waals surface area (Å²) in [5.74, 6) is -1.08. The number of hydrogen-bond acceptors (Lipinski definition) is 2. The molecule has 0 aliphatic heterocycles. The molecule has 0 N–H and O–H groups in total. The number of thioether (sulfide) groups is 1. The zero-order valence-corrected chi connectivity index (χ0v) is 16.3. The van der Waals surface area contributed by atoms with Crippen molar-refractivity contribution in [3.05, 3.63) is 119 Å². The molecule has 1 heterocycles. The second-order valence-electron chi connectivity index (χ2n) is 6.62. The van der Waals surface area contributed by atoms with Crippen molar-refractivity contribution in [1.29, 1.82) is 0 Å². The summed E-state index contributed by atoms with van der Waals surface area (Å²) in [6.07, 6.45) is 3.51. The van der Waals surface area contributed by atoms with Gasteiger partial charge in [0.15, 0.2) is 5.16 Å². The van der Waals surface area contributed by atoms with E-state index in [-0.39, 0.29) is 17.5 Å². The van der Waals surface area contributed by atoms with Crippen LogP contribution < -0.4 is 0 Å². The lowest BCUT2D eigenvalue weighted by molar-refractivity contribution is 0.624. The average molecular weight is 410 g/mol. The molecule has 4 aromatic rings. The molecule has 146 valence electrons. The molecule has 0 aliphatic rings. The van der Waals surface area contributed by atoms with Crippen molar-refractivity contribution in [2.24, 2.45) is 7.05 Å². The van der Waals surface area contributed by atoms with E-state index in [4.69, 9.17) is 0 Å². The molecule has 0 saturated heterocycles. The first-order valence-corrected chi connectivity index (χ1v) is 9.75. The standard InChI is InChI=1S/C23H17F3N2S/c1-28-15-14-27-22(28)29-23(16-2-8-19(24)9-3-16,17-4-10-20(25)11-5-17)18-6-12-21(26)13-7-18/h2-15H,1H3. The van der Waals surface area contributed by atoms with E-state index in [2.05, 4.69) is 4.98 Å². The first-order chi connectivity index (χ1) is 14.0. The zero-order valence-electron chi connectivity index (χ0n) is 15.5. The Kier molecular flexibility index (Phi) is 5.20. The van der Waals surface area contributed by atoms with Crippen molar-refractivity contribution in [2.45, 2.75) is 9.90 Å². The van der Waals surface area contributed by atoms with Crippen LogP contribution in [0.25, 0.3) is 0 Å². The molecular weight excluding hydrogens is 393 g/mol. The first kappa shape index (κ1) is 19.3. The van der Waals surface area contributed by atoms with E-state index in [1.54, 1.807) is 42.6 Å². The summed E-state index contributed by atoms with van der Waals surface area (Å²) in [6, 6.07) is 18.5. The molecule has 0 atom stereocenters. The van der Waals surface area contributed by atoms with Gasteiger partial charge in [-0.05, 0) is 53.1 Å². The van der Waals surface area contributed by atoms with Crippen molar-refractivity contribution >= 4 is 11.8 Å². The maximum Gasteiger partial charge on any atom is 0.169 e. The van der Waals surface area contributed by atoms with E-state index < -0.39 is 4.75 Å². The van der Waals surface area contributed by atoms with Gasteiger partial charge < -0.3 is 4.57 Å². The normalized spacial score (nSPS) is 11.6. The fraction of sp³-hybridized carbons (Fsp3) is 0.0870. The molecule has 0 unspecified atom stereocenters. The third-order valence-corrected chi connectivity index (χ3v) is 6.36. The molecule has 2 nitrogen and oxygen atoms in total.